The Morgan fingerprint density at radius 3 is 2.88 bits per heavy atom. The van der Waals surface area contributed by atoms with E-state index < -0.39 is 16.4 Å². The Bertz CT molecular complexity index is 925. The number of carbonyl (C=O) groups excluding carboxylic acids is 1. The van der Waals surface area contributed by atoms with Crippen molar-refractivity contribution in [1.82, 2.24) is 9.97 Å². The zero-order valence-electron chi connectivity index (χ0n) is 13.0. The van der Waals surface area contributed by atoms with Gasteiger partial charge in [-0.15, -0.1) is 6.58 Å². The predicted octanol–water partition coefficient (Wildman–Crippen LogP) is 2.43. The number of nitro benzene ring substituents is 1. The van der Waals surface area contributed by atoms with Crippen molar-refractivity contribution in [1.29, 1.82) is 0 Å². The first-order chi connectivity index (χ1) is 12.0. The molecule has 1 atom stereocenters. The molecule has 3 rings (SSSR count). The number of aromatic amines is 1. The van der Waals surface area contributed by atoms with Gasteiger partial charge in [0.25, 0.3) is 11.2 Å². The molecule has 128 valence electrons. The Labute approximate surface area is 146 Å². The van der Waals surface area contributed by atoms with Gasteiger partial charge in [0.15, 0.2) is 5.16 Å². The van der Waals surface area contributed by atoms with Gasteiger partial charge >= 0.3 is 0 Å². The molecular formula is C16H14N4O4S. The lowest BCUT2D eigenvalue weighted by Gasteiger charge is -2.24. The normalized spacial score (nSPS) is 16.0. The molecule has 0 saturated carbocycles. The second-order valence-electron chi connectivity index (χ2n) is 5.35. The van der Waals surface area contributed by atoms with Crippen LogP contribution in [0.15, 0.2) is 46.9 Å². The third kappa shape index (κ3) is 3.31. The summed E-state index contributed by atoms with van der Waals surface area (Å²) >= 11 is 1.27. The molecule has 1 aliphatic rings. The summed E-state index contributed by atoms with van der Waals surface area (Å²) in [4.78, 5) is 42.4. The van der Waals surface area contributed by atoms with Crippen molar-refractivity contribution < 1.29 is 9.72 Å². The molecule has 0 aliphatic carbocycles. The molecule has 0 fully saturated rings. The second-order valence-corrected chi connectivity index (χ2v) is 6.36. The fraction of sp³-hybridized carbons (Fsp3) is 0.188. The number of nitrogens with one attached hydrogen (secondary N) is 2. The lowest BCUT2D eigenvalue weighted by Crippen LogP contribution is -2.31. The van der Waals surface area contributed by atoms with Crippen molar-refractivity contribution >= 4 is 29.2 Å². The van der Waals surface area contributed by atoms with Crippen LogP contribution in [0.25, 0.3) is 0 Å². The molecule has 1 aromatic carbocycles. The van der Waals surface area contributed by atoms with E-state index in [4.69, 9.17) is 0 Å². The van der Waals surface area contributed by atoms with Gasteiger partial charge in [0.1, 0.15) is 5.82 Å². The Morgan fingerprint density at radius 2 is 2.16 bits per heavy atom. The number of para-hydroxylation sites is 1. The molecule has 2 heterocycles. The standard InChI is InChI=1S/C16H14N4O4S/c1-2-7-25-16-18-14-13(15(22)19-16)10(8-12(21)17-14)9-5-3-4-6-11(9)20(23)24/h2-6,10H,1,7-8H2,(H2,17,18,19,21,22)/t10-/m1/s1. The second kappa shape index (κ2) is 6.89. The molecule has 1 aromatic heterocycles. The van der Waals surface area contributed by atoms with Crippen molar-refractivity contribution in [3.63, 3.8) is 0 Å². The molecule has 0 saturated heterocycles. The minimum absolute atomic E-state index is 0.0538. The van der Waals surface area contributed by atoms with Crippen LogP contribution in [0.5, 0.6) is 0 Å². The smallest absolute Gasteiger partial charge is 0.273 e. The van der Waals surface area contributed by atoms with Gasteiger partial charge in [-0.05, 0) is 0 Å². The third-order valence-corrected chi connectivity index (χ3v) is 4.65. The fourth-order valence-corrected chi connectivity index (χ4v) is 3.37. The highest BCUT2D eigenvalue weighted by Crippen LogP contribution is 2.38. The number of nitrogens with zero attached hydrogens (tertiary/aromatic N) is 2. The van der Waals surface area contributed by atoms with Crippen LogP contribution in [-0.4, -0.2) is 26.6 Å². The molecular weight excluding hydrogens is 344 g/mol. The zero-order valence-corrected chi connectivity index (χ0v) is 13.8. The highest BCUT2D eigenvalue weighted by Gasteiger charge is 2.34. The van der Waals surface area contributed by atoms with E-state index in [0.29, 0.717) is 16.5 Å². The number of anilines is 1. The number of hydrogen-bond acceptors (Lipinski definition) is 6. The van der Waals surface area contributed by atoms with Gasteiger partial charge in [-0.25, -0.2) is 4.98 Å². The van der Waals surface area contributed by atoms with Gasteiger partial charge in [-0.3, -0.25) is 19.7 Å². The number of rotatable bonds is 5. The first-order valence-corrected chi connectivity index (χ1v) is 8.41. The van der Waals surface area contributed by atoms with Crippen LogP contribution in [0.3, 0.4) is 0 Å². The minimum atomic E-state index is -0.722. The van der Waals surface area contributed by atoms with E-state index in [2.05, 4.69) is 21.9 Å². The van der Waals surface area contributed by atoms with E-state index in [1.54, 1.807) is 24.3 Å². The summed E-state index contributed by atoms with van der Waals surface area (Å²) in [7, 11) is 0. The number of fused-ring (bicyclic) bond motifs is 1. The van der Waals surface area contributed by atoms with E-state index in [-0.39, 0.29) is 29.4 Å². The number of H-pyrrole nitrogens is 1. The molecule has 8 nitrogen and oxygen atoms in total. The van der Waals surface area contributed by atoms with Crippen LogP contribution in [0.1, 0.15) is 23.5 Å². The van der Waals surface area contributed by atoms with Crippen LogP contribution < -0.4 is 10.9 Å². The van der Waals surface area contributed by atoms with Crippen molar-refractivity contribution in [3.05, 3.63) is 68.5 Å². The summed E-state index contributed by atoms with van der Waals surface area (Å²) in [6, 6.07) is 6.11. The van der Waals surface area contributed by atoms with E-state index in [1.165, 1.54) is 17.8 Å². The number of hydrogen-bond donors (Lipinski definition) is 2. The van der Waals surface area contributed by atoms with Crippen LogP contribution in [0.2, 0.25) is 0 Å². The average Bonchev–Trinajstić information content (AvgIpc) is 2.58. The largest absolute Gasteiger partial charge is 0.310 e. The summed E-state index contributed by atoms with van der Waals surface area (Å²) in [6.07, 6.45) is 1.61. The third-order valence-electron chi connectivity index (χ3n) is 3.78. The predicted molar refractivity (Wildman–Crippen MR) is 94.0 cm³/mol. The van der Waals surface area contributed by atoms with E-state index in [0.717, 1.165) is 0 Å². The maximum Gasteiger partial charge on any atom is 0.273 e. The number of carbonyl (C=O) groups is 1. The molecule has 0 unspecified atom stereocenters. The lowest BCUT2D eigenvalue weighted by molar-refractivity contribution is -0.385. The van der Waals surface area contributed by atoms with Crippen LogP contribution in [0.4, 0.5) is 11.5 Å². The highest BCUT2D eigenvalue weighted by atomic mass is 32.2. The van der Waals surface area contributed by atoms with Crippen LogP contribution in [-0.2, 0) is 4.79 Å². The molecule has 1 amide bonds. The van der Waals surface area contributed by atoms with E-state index in [1.807, 2.05) is 0 Å². The SMILES string of the molecule is C=CCSc1nc2c(c(=O)[nH]1)[C@@H](c1ccccc1[N+](=O)[O-])CC(=O)N2. The topological polar surface area (TPSA) is 118 Å². The monoisotopic (exact) mass is 358 g/mol. The Balaban J connectivity index is 2.14. The summed E-state index contributed by atoms with van der Waals surface area (Å²) in [5.41, 5.74) is 0.0108. The maximum atomic E-state index is 12.6. The van der Waals surface area contributed by atoms with Crippen molar-refractivity contribution in [2.75, 3.05) is 11.1 Å². The minimum Gasteiger partial charge on any atom is -0.310 e. The maximum absolute atomic E-state index is 12.6. The molecule has 2 N–H and O–H groups in total. The highest BCUT2D eigenvalue weighted by molar-refractivity contribution is 7.99. The van der Waals surface area contributed by atoms with Gasteiger partial charge in [0, 0.05) is 29.7 Å². The molecule has 2 aromatic rings. The van der Waals surface area contributed by atoms with Gasteiger partial charge in [-0.1, -0.05) is 36.0 Å². The van der Waals surface area contributed by atoms with E-state index >= 15 is 0 Å². The molecule has 0 bridgehead atoms. The fourth-order valence-electron chi connectivity index (χ4n) is 2.77. The molecule has 0 spiro atoms. The zero-order chi connectivity index (χ0) is 18.0. The average molecular weight is 358 g/mol. The van der Waals surface area contributed by atoms with Gasteiger partial charge in [0.05, 0.1) is 10.5 Å². The molecule has 1 aliphatic heterocycles. The number of nitro groups is 1. The van der Waals surface area contributed by atoms with Crippen molar-refractivity contribution in [2.45, 2.75) is 17.5 Å². The molecule has 0 radical (unpaired) electrons. The molecule has 9 heteroatoms. The van der Waals surface area contributed by atoms with Crippen molar-refractivity contribution in [3.8, 4) is 0 Å². The van der Waals surface area contributed by atoms with E-state index in [9.17, 15) is 19.7 Å². The summed E-state index contributed by atoms with van der Waals surface area (Å²) in [5.74, 6) is -0.369. The van der Waals surface area contributed by atoms with Gasteiger partial charge in [-0.2, -0.15) is 0 Å². The first kappa shape index (κ1) is 16.9. The number of thioether (sulfide) groups is 1. The van der Waals surface area contributed by atoms with Crippen LogP contribution >= 0.6 is 11.8 Å². The number of amides is 1. The Kier molecular flexibility index (Phi) is 4.66. The number of benzene rings is 1. The quantitative estimate of drug-likeness (QED) is 0.279. The lowest BCUT2D eigenvalue weighted by atomic mass is 9.86. The van der Waals surface area contributed by atoms with Crippen molar-refractivity contribution in [2.24, 2.45) is 0 Å². The van der Waals surface area contributed by atoms with Gasteiger partial charge < -0.3 is 10.3 Å². The Morgan fingerprint density at radius 1 is 1.40 bits per heavy atom. The Hall–Kier alpha value is -2.94. The summed E-state index contributed by atoms with van der Waals surface area (Å²) < 4.78 is 0. The summed E-state index contributed by atoms with van der Waals surface area (Å²) in [6.45, 7) is 3.60. The molecule has 25 heavy (non-hydrogen) atoms. The first-order valence-electron chi connectivity index (χ1n) is 7.42. The van der Waals surface area contributed by atoms with Crippen LogP contribution in [0, 0.1) is 10.1 Å². The summed E-state index contributed by atoms with van der Waals surface area (Å²) in [5, 5.41) is 14.2. The van der Waals surface area contributed by atoms with Gasteiger partial charge in [0.2, 0.25) is 5.91 Å². The number of aromatic nitrogens is 2.